The Bertz CT molecular complexity index is 425. The minimum Gasteiger partial charge on any atom is -0.493 e. The molecule has 1 rings (SSSR count). The minimum absolute atomic E-state index is 0. The molecule has 0 aliphatic rings. The Balaban J connectivity index is 0.00000361. The second-order valence-corrected chi connectivity index (χ2v) is 5.90. The topological polar surface area (TPSA) is 30.5 Å². The maximum absolute atomic E-state index is 5.63. The lowest BCUT2D eigenvalue weighted by molar-refractivity contribution is 0.324. The van der Waals surface area contributed by atoms with Crippen molar-refractivity contribution in [1.82, 2.24) is 5.32 Å². The fraction of sp³-hybridized carbons (Fsp3) is 0.467. The summed E-state index contributed by atoms with van der Waals surface area (Å²) in [6, 6.07) is 4.14. The lowest BCUT2D eigenvalue weighted by atomic mass is 10.2. The van der Waals surface area contributed by atoms with Crippen LogP contribution in [0.2, 0.25) is 0 Å². The molecule has 1 aromatic rings. The zero-order valence-corrected chi connectivity index (χ0v) is 15.2. The fourth-order valence-electron chi connectivity index (χ4n) is 1.66. The average molecular weight is 412 g/mol. The van der Waals surface area contributed by atoms with Gasteiger partial charge in [0.15, 0.2) is 11.5 Å². The van der Waals surface area contributed by atoms with E-state index < -0.39 is 0 Å². The van der Waals surface area contributed by atoms with Crippen molar-refractivity contribution in [3.05, 3.63) is 33.9 Å². The number of nitrogens with one attached hydrogen (secondary N) is 1. The third-order valence-electron chi connectivity index (χ3n) is 2.52. The number of hydrogen-bond donors (Lipinski definition) is 1. The molecule has 1 aromatic carbocycles. The van der Waals surface area contributed by atoms with Gasteiger partial charge in [0, 0.05) is 6.54 Å². The Kier molecular flexibility index (Phi) is 10.1. The largest absolute Gasteiger partial charge is 0.493 e. The number of benzene rings is 1. The van der Waals surface area contributed by atoms with Gasteiger partial charge in [0.2, 0.25) is 0 Å². The maximum atomic E-state index is 5.63. The second kappa shape index (κ2) is 10.3. The highest BCUT2D eigenvalue weighted by molar-refractivity contribution is 14.1. The molecule has 1 N–H and O–H groups in total. The summed E-state index contributed by atoms with van der Waals surface area (Å²) in [7, 11) is 1.66. The van der Waals surface area contributed by atoms with Crippen LogP contribution in [0.3, 0.4) is 0 Å². The standard InChI is InChI=1S/C15H22INO2.ClH/c1-5-6-19-15-13(16)7-12(8-14(15)18-4)10-17-9-11(2)3;/h5,7-8,11,17H,1,6,9-10H2,2-4H3;1H. The van der Waals surface area contributed by atoms with E-state index >= 15 is 0 Å². The van der Waals surface area contributed by atoms with Crippen molar-refractivity contribution in [2.75, 3.05) is 20.3 Å². The lowest BCUT2D eigenvalue weighted by Crippen LogP contribution is -2.19. The van der Waals surface area contributed by atoms with E-state index in [0.717, 1.165) is 28.2 Å². The predicted octanol–water partition coefficient (Wildman–Crippen LogP) is 4.03. The normalized spacial score (nSPS) is 10.1. The van der Waals surface area contributed by atoms with Crippen LogP contribution in [0.15, 0.2) is 24.8 Å². The summed E-state index contributed by atoms with van der Waals surface area (Å²) in [5, 5.41) is 3.43. The van der Waals surface area contributed by atoms with E-state index in [0.29, 0.717) is 12.5 Å². The van der Waals surface area contributed by atoms with Gasteiger partial charge in [-0.05, 0) is 52.7 Å². The van der Waals surface area contributed by atoms with Crippen molar-refractivity contribution < 1.29 is 9.47 Å². The van der Waals surface area contributed by atoms with E-state index in [1.807, 2.05) is 6.07 Å². The summed E-state index contributed by atoms with van der Waals surface area (Å²) in [5.74, 6) is 2.21. The Morgan fingerprint density at radius 1 is 1.40 bits per heavy atom. The fourth-order valence-corrected chi connectivity index (χ4v) is 2.48. The predicted molar refractivity (Wildman–Crippen MR) is 95.2 cm³/mol. The Morgan fingerprint density at radius 2 is 2.10 bits per heavy atom. The maximum Gasteiger partial charge on any atom is 0.174 e. The van der Waals surface area contributed by atoms with Gasteiger partial charge in [0.1, 0.15) is 6.61 Å². The van der Waals surface area contributed by atoms with Crippen molar-refractivity contribution in [1.29, 1.82) is 0 Å². The third-order valence-corrected chi connectivity index (χ3v) is 3.32. The molecule has 5 heteroatoms. The smallest absolute Gasteiger partial charge is 0.174 e. The molecule has 0 atom stereocenters. The number of methoxy groups -OCH3 is 1. The number of hydrogen-bond acceptors (Lipinski definition) is 3. The van der Waals surface area contributed by atoms with Crippen LogP contribution in [0.1, 0.15) is 19.4 Å². The van der Waals surface area contributed by atoms with Gasteiger partial charge in [-0.3, -0.25) is 0 Å². The van der Waals surface area contributed by atoms with Crippen molar-refractivity contribution >= 4 is 35.0 Å². The number of rotatable bonds is 8. The Hall–Kier alpha value is -0.460. The van der Waals surface area contributed by atoms with Crippen LogP contribution in [-0.2, 0) is 6.54 Å². The van der Waals surface area contributed by atoms with Crippen molar-refractivity contribution in [2.45, 2.75) is 20.4 Å². The lowest BCUT2D eigenvalue weighted by Gasteiger charge is -2.14. The Morgan fingerprint density at radius 3 is 2.65 bits per heavy atom. The molecule has 114 valence electrons. The molecule has 0 fully saturated rings. The first-order valence-electron chi connectivity index (χ1n) is 6.39. The first kappa shape index (κ1) is 19.5. The SMILES string of the molecule is C=CCOc1c(I)cc(CNCC(C)C)cc1OC.Cl. The second-order valence-electron chi connectivity index (χ2n) is 4.73. The summed E-state index contributed by atoms with van der Waals surface area (Å²) in [6.07, 6.45) is 1.73. The van der Waals surface area contributed by atoms with Gasteiger partial charge < -0.3 is 14.8 Å². The van der Waals surface area contributed by atoms with Crippen LogP contribution in [0, 0.1) is 9.49 Å². The van der Waals surface area contributed by atoms with E-state index in [2.05, 4.69) is 54.4 Å². The summed E-state index contributed by atoms with van der Waals surface area (Å²) < 4.78 is 12.1. The zero-order chi connectivity index (χ0) is 14.3. The van der Waals surface area contributed by atoms with Gasteiger partial charge in [-0.2, -0.15) is 0 Å². The minimum atomic E-state index is 0. The van der Waals surface area contributed by atoms with Crippen LogP contribution in [-0.4, -0.2) is 20.3 Å². The van der Waals surface area contributed by atoms with E-state index in [-0.39, 0.29) is 12.4 Å². The zero-order valence-electron chi connectivity index (χ0n) is 12.2. The molecule has 0 spiro atoms. The van der Waals surface area contributed by atoms with Crippen LogP contribution >= 0.6 is 35.0 Å². The molecule has 0 amide bonds. The van der Waals surface area contributed by atoms with Crippen LogP contribution in [0.5, 0.6) is 11.5 Å². The van der Waals surface area contributed by atoms with Crippen LogP contribution in [0.4, 0.5) is 0 Å². The molecule has 0 heterocycles. The molecule has 0 radical (unpaired) electrons. The molecule has 0 bridgehead atoms. The van der Waals surface area contributed by atoms with Crippen molar-refractivity contribution in [3.63, 3.8) is 0 Å². The summed E-state index contributed by atoms with van der Waals surface area (Å²) >= 11 is 2.27. The number of ether oxygens (including phenoxy) is 2. The average Bonchev–Trinajstić information content (AvgIpc) is 2.36. The third kappa shape index (κ3) is 6.33. The van der Waals surface area contributed by atoms with E-state index in [4.69, 9.17) is 9.47 Å². The van der Waals surface area contributed by atoms with Gasteiger partial charge >= 0.3 is 0 Å². The first-order valence-corrected chi connectivity index (χ1v) is 7.47. The summed E-state index contributed by atoms with van der Waals surface area (Å²) in [5.41, 5.74) is 1.20. The molecular weight excluding hydrogens is 389 g/mol. The quantitative estimate of drug-likeness (QED) is 0.517. The highest BCUT2D eigenvalue weighted by Crippen LogP contribution is 2.33. The molecule has 0 saturated heterocycles. The van der Waals surface area contributed by atoms with Crippen molar-refractivity contribution in [2.24, 2.45) is 5.92 Å². The van der Waals surface area contributed by atoms with E-state index in [1.165, 1.54) is 5.56 Å². The highest BCUT2D eigenvalue weighted by Gasteiger charge is 2.11. The van der Waals surface area contributed by atoms with Gasteiger partial charge in [-0.25, -0.2) is 0 Å². The molecule has 0 aromatic heterocycles. The Labute approximate surface area is 141 Å². The van der Waals surface area contributed by atoms with E-state index in [9.17, 15) is 0 Å². The summed E-state index contributed by atoms with van der Waals surface area (Å²) in [6.45, 7) is 10.4. The van der Waals surface area contributed by atoms with Gasteiger partial charge in [0.25, 0.3) is 0 Å². The van der Waals surface area contributed by atoms with Gasteiger partial charge in [0.05, 0.1) is 10.7 Å². The first-order chi connectivity index (χ1) is 9.08. The molecular formula is C15H23ClINO2. The van der Waals surface area contributed by atoms with Crippen LogP contribution in [0.25, 0.3) is 0 Å². The van der Waals surface area contributed by atoms with Crippen molar-refractivity contribution in [3.8, 4) is 11.5 Å². The molecule has 0 unspecified atom stereocenters. The molecule has 0 saturated carbocycles. The van der Waals surface area contributed by atoms with Crippen LogP contribution < -0.4 is 14.8 Å². The molecule has 20 heavy (non-hydrogen) atoms. The monoisotopic (exact) mass is 411 g/mol. The van der Waals surface area contributed by atoms with E-state index in [1.54, 1.807) is 13.2 Å². The molecule has 3 nitrogen and oxygen atoms in total. The summed E-state index contributed by atoms with van der Waals surface area (Å²) in [4.78, 5) is 0. The molecule has 0 aliphatic carbocycles. The van der Waals surface area contributed by atoms with Gasteiger partial charge in [-0.15, -0.1) is 12.4 Å². The molecule has 0 aliphatic heterocycles. The van der Waals surface area contributed by atoms with Gasteiger partial charge in [-0.1, -0.05) is 26.5 Å². The number of halogens is 2. The highest BCUT2D eigenvalue weighted by atomic mass is 127.